The molecule has 0 radical (unpaired) electrons. The van der Waals surface area contributed by atoms with Crippen LogP contribution in [-0.4, -0.2) is 36.2 Å². The lowest BCUT2D eigenvalue weighted by Gasteiger charge is -2.33. The molecule has 0 bridgehead atoms. The quantitative estimate of drug-likeness (QED) is 0.711. The highest BCUT2D eigenvalue weighted by atomic mass is 16.5. The van der Waals surface area contributed by atoms with Gasteiger partial charge in [-0.2, -0.15) is 0 Å². The molecule has 0 spiro atoms. The van der Waals surface area contributed by atoms with E-state index in [1.807, 2.05) is 30.3 Å². The van der Waals surface area contributed by atoms with E-state index in [4.69, 9.17) is 4.74 Å². The fourth-order valence-electron chi connectivity index (χ4n) is 3.76. The third kappa shape index (κ3) is 5.82. The summed E-state index contributed by atoms with van der Waals surface area (Å²) in [6.07, 6.45) is 3.33. The molecule has 0 aromatic heterocycles. The lowest BCUT2D eigenvalue weighted by atomic mass is 9.88. The zero-order valence-corrected chi connectivity index (χ0v) is 16.7. The Morgan fingerprint density at radius 1 is 0.889 bits per heavy atom. The molecule has 1 fully saturated rings. The minimum absolute atomic E-state index is 0.0757. The van der Waals surface area contributed by atoms with E-state index in [1.165, 1.54) is 24.8 Å². The Labute approximate surface area is 164 Å². The summed E-state index contributed by atoms with van der Waals surface area (Å²) < 4.78 is 5.78. The maximum Gasteiger partial charge on any atom is 0.119 e. The molecule has 1 saturated heterocycles. The van der Waals surface area contributed by atoms with Crippen molar-refractivity contribution in [2.75, 3.05) is 26.2 Å². The van der Waals surface area contributed by atoms with Gasteiger partial charge in [0.1, 0.15) is 5.75 Å². The molecule has 2 aromatic carbocycles. The van der Waals surface area contributed by atoms with Crippen molar-refractivity contribution < 1.29 is 9.84 Å². The SMILES string of the molecule is CC(C)COc1ccc([C@@H](O)[C@H](CN2CCCCC2)c2ccccc2)cc1. The minimum Gasteiger partial charge on any atom is -0.493 e. The lowest BCUT2D eigenvalue weighted by Crippen LogP contribution is -2.35. The molecule has 2 atom stereocenters. The van der Waals surface area contributed by atoms with Crippen LogP contribution in [0.25, 0.3) is 0 Å². The van der Waals surface area contributed by atoms with Gasteiger partial charge in [0, 0.05) is 12.5 Å². The molecule has 1 aliphatic rings. The van der Waals surface area contributed by atoms with Gasteiger partial charge in [-0.05, 0) is 55.1 Å². The number of ether oxygens (including phenoxy) is 1. The second-order valence-electron chi connectivity index (χ2n) is 8.10. The Hall–Kier alpha value is -1.84. The maximum atomic E-state index is 11.2. The number of hydrogen-bond donors (Lipinski definition) is 1. The molecule has 27 heavy (non-hydrogen) atoms. The number of rotatable bonds is 8. The first kappa shape index (κ1) is 19.9. The molecule has 0 saturated carbocycles. The van der Waals surface area contributed by atoms with Crippen LogP contribution >= 0.6 is 0 Å². The van der Waals surface area contributed by atoms with Crippen molar-refractivity contribution in [1.29, 1.82) is 0 Å². The molecule has 1 N–H and O–H groups in total. The maximum absolute atomic E-state index is 11.2. The van der Waals surface area contributed by atoms with E-state index in [-0.39, 0.29) is 5.92 Å². The monoisotopic (exact) mass is 367 g/mol. The van der Waals surface area contributed by atoms with Gasteiger partial charge < -0.3 is 14.7 Å². The van der Waals surface area contributed by atoms with Crippen molar-refractivity contribution in [2.24, 2.45) is 5.92 Å². The van der Waals surface area contributed by atoms with Crippen molar-refractivity contribution >= 4 is 0 Å². The summed E-state index contributed by atoms with van der Waals surface area (Å²) in [5.41, 5.74) is 2.16. The zero-order valence-electron chi connectivity index (χ0n) is 16.7. The highest BCUT2D eigenvalue weighted by Crippen LogP contribution is 2.33. The van der Waals surface area contributed by atoms with Gasteiger partial charge in [0.2, 0.25) is 0 Å². The molecule has 3 nitrogen and oxygen atoms in total. The summed E-state index contributed by atoms with van der Waals surface area (Å²) in [6, 6.07) is 18.4. The Morgan fingerprint density at radius 2 is 1.56 bits per heavy atom. The number of piperidine rings is 1. The van der Waals surface area contributed by atoms with E-state index in [0.29, 0.717) is 12.5 Å². The first-order valence-corrected chi connectivity index (χ1v) is 10.3. The second-order valence-corrected chi connectivity index (χ2v) is 8.10. The van der Waals surface area contributed by atoms with Crippen LogP contribution in [0.5, 0.6) is 5.75 Å². The van der Waals surface area contributed by atoms with Crippen LogP contribution in [0.15, 0.2) is 54.6 Å². The predicted molar refractivity (Wildman–Crippen MR) is 111 cm³/mol. The van der Waals surface area contributed by atoms with Gasteiger partial charge in [0.05, 0.1) is 12.7 Å². The number of benzene rings is 2. The Balaban J connectivity index is 1.74. The molecule has 0 amide bonds. The summed E-state index contributed by atoms with van der Waals surface area (Å²) in [5.74, 6) is 1.45. The first-order valence-electron chi connectivity index (χ1n) is 10.3. The average molecular weight is 368 g/mol. The second kappa shape index (κ2) is 9.91. The standard InChI is InChI=1S/C24H33NO2/c1-19(2)18-27-22-13-11-21(12-14-22)24(26)23(20-9-5-3-6-10-20)17-25-15-7-4-8-16-25/h3,5-6,9-14,19,23-24,26H,4,7-8,15-18H2,1-2H3/t23-,24-/m1/s1. The van der Waals surface area contributed by atoms with Crippen LogP contribution in [-0.2, 0) is 0 Å². The van der Waals surface area contributed by atoms with Gasteiger partial charge in [-0.1, -0.05) is 62.7 Å². The third-order valence-corrected chi connectivity index (χ3v) is 5.32. The van der Waals surface area contributed by atoms with Crippen LogP contribution in [0.1, 0.15) is 56.3 Å². The Morgan fingerprint density at radius 3 is 2.19 bits per heavy atom. The topological polar surface area (TPSA) is 32.7 Å². The summed E-state index contributed by atoms with van der Waals surface area (Å²) in [7, 11) is 0. The summed E-state index contributed by atoms with van der Waals surface area (Å²) in [4.78, 5) is 2.50. The van der Waals surface area contributed by atoms with Gasteiger partial charge >= 0.3 is 0 Å². The highest BCUT2D eigenvalue weighted by Gasteiger charge is 2.26. The van der Waals surface area contributed by atoms with E-state index >= 15 is 0 Å². The number of likely N-dealkylation sites (tertiary alicyclic amines) is 1. The van der Waals surface area contributed by atoms with Gasteiger partial charge in [-0.15, -0.1) is 0 Å². The molecule has 1 heterocycles. The zero-order chi connectivity index (χ0) is 19.1. The minimum atomic E-state index is -0.520. The lowest BCUT2D eigenvalue weighted by molar-refractivity contribution is 0.109. The van der Waals surface area contributed by atoms with Gasteiger partial charge in [0.15, 0.2) is 0 Å². The predicted octanol–water partition coefficient (Wildman–Crippen LogP) is 5.02. The van der Waals surface area contributed by atoms with E-state index in [2.05, 4.69) is 43.0 Å². The van der Waals surface area contributed by atoms with E-state index in [9.17, 15) is 5.11 Å². The van der Waals surface area contributed by atoms with E-state index in [0.717, 1.165) is 30.9 Å². The van der Waals surface area contributed by atoms with Crippen LogP contribution in [0, 0.1) is 5.92 Å². The molecule has 146 valence electrons. The van der Waals surface area contributed by atoms with E-state index < -0.39 is 6.10 Å². The smallest absolute Gasteiger partial charge is 0.119 e. The van der Waals surface area contributed by atoms with Crippen LogP contribution in [0.2, 0.25) is 0 Å². The molecule has 0 aliphatic carbocycles. The van der Waals surface area contributed by atoms with Crippen LogP contribution < -0.4 is 4.74 Å². The highest BCUT2D eigenvalue weighted by molar-refractivity contribution is 5.32. The molecule has 3 heteroatoms. The van der Waals surface area contributed by atoms with Gasteiger partial charge in [0.25, 0.3) is 0 Å². The molecule has 3 rings (SSSR count). The summed E-state index contributed by atoms with van der Waals surface area (Å²) >= 11 is 0. The fourth-order valence-corrected chi connectivity index (χ4v) is 3.76. The van der Waals surface area contributed by atoms with Crippen LogP contribution in [0.3, 0.4) is 0 Å². The molecular weight excluding hydrogens is 334 g/mol. The summed E-state index contributed by atoms with van der Waals surface area (Å²) in [6.45, 7) is 8.17. The normalized spacial score (nSPS) is 17.6. The average Bonchev–Trinajstić information content (AvgIpc) is 2.72. The van der Waals surface area contributed by atoms with Crippen molar-refractivity contribution in [3.8, 4) is 5.75 Å². The molecule has 0 unspecified atom stereocenters. The molecule has 1 aliphatic heterocycles. The largest absolute Gasteiger partial charge is 0.493 e. The number of aliphatic hydroxyl groups excluding tert-OH is 1. The van der Waals surface area contributed by atoms with Gasteiger partial charge in [-0.25, -0.2) is 0 Å². The number of hydrogen-bond acceptors (Lipinski definition) is 3. The van der Waals surface area contributed by atoms with Crippen molar-refractivity contribution in [1.82, 2.24) is 4.90 Å². The molecule has 2 aromatic rings. The summed E-state index contributed by atoms with van der Waals surface area (Å²) in [5, 5.41) is 11.2. The number of nitrogens with zero attached hydrogens (tertiary/aromatic N) is 1. The van der Waals surface area contributed by atoms with E-state index in [1.54, 1.807) is 0 Å². The Kier molecular flexibility index (Phi) is 7.31. The van der Waals surface area contributed by atoms with Crippen LogP contribution in [0.4, 0.5) is 0 Å². The third-order valence-electron chi connectivity index (χ3n) is 5.32. The first-order chi connectivity index (χ1) is 13.1. The van der Waals surface area contributed by atoms with Crippen molar-refractivity contribution in [2.45, 2.75) is 45.1 Å². The van der Waals surface area contributed by atoms with Crippen molar-refractivity contribution in [3.63, 3.8) is 0 Å². The molecular formula is C24H33NO2. The van der Waals surface area contributed by atoms with Gasteiger partial charge in [-0.3, -0.25) is 0 Å². The van der Waals surface area contributed by atoms with Crippen molar-refractivity contribution in [3.05, 3.63) is 65.7 Å². The Bertz CT molecular complexity index is 663. The number of aliphatic hydroxyl groups is 1. The fraction of sp³-hybridized carbons (Fsp3) is 0.500.